The van der Waals surface area contributed by atoms with Gasteiger partial charge in [0.05, 0.1) is 29.8 Å². The number of ether oxygens (including phenoxy) is 2. The van der Waals surface area contributed by atoms with Gasteiger partial charge < -0.3 is 14.5 Å². The Bertz CT molecular complexity index is 965. The molecule has 3 aromatic rings. The van der Waals surface area contributed by atoms with Gasteiger partial charge in [-0.2, -0.15) is 5.26 Å². The van der Waals surface area contributed by atoms with Gasteiger partial charge in [0.25, 0.3) is 0 Å². The van der Waals surface area contributed by atoms with E-state index in [1.807, 2.05) is 49.4 Å². The van der Waals surface area contributed by atoms with Crippen LogP contribution in [0, 0.1) is 11.3 Å². The number of aromatic amines is 1. The Balaban J connectivity index is 1.86. The third-order valence-electron chi connectivity index (χ3n) is 4.35. The molecule has 28 heavy (non-hydrogen) atoms. The van der Waals surface area contributed by atoms with Crippen molar-refractivity contribution in [3.05, 3.63) is 53.9 Å². The molecule has 144 valence electrons. The van der Waals surface area contributed by atoms with Gasteiger partial charge in [0.2, 0.25) is 0 Å². The number of imidazole rings is 1. The first-order valence-electron chi connectivity index (χ1n) is 9.71. The molecule has 0 saturated heterocycles. The van der Waals surface area contributed by atoms with Gasteiger partial charge in [0.1, 0.15) is 11.9 Å². The lowest BCUT2D eigenvalue weighted by atomic mass is 10.1. The lowest BCUT2D eigenvalue weighted by molar-refractivity contribution is 0.271. The van der Waals surface area contributed by atoms with Gasteiger partial charge in [-0.1, -0.05) is 38.0 Å². The Hall–Kier alpha value is -3.26. The molecule has 0 aliphatic carbocycles. The maximum atomic E-state index is 9.63. The fourth-order valence-electron chi connectivity index (χ4n) is 2.94. The average molecular weight is 375 g/mol. The molecule has 0 radical (unpaired) electrons. The number of aromatic nitrogens is 2. The van der Waals surface area contributed by atoms with Crippen molar-refractivity contribution in [1.29, 1.82) is 5.26 Å². The van der Waals surface area contributed by atoms with E-state index in [-0.39, 0.29) is 0 Å². The maximum absolute atomic E-state index is 9.63. The molecule has 0 spiro atoms. The number of hydrogen-bond donors (Lipinski definition) is 1. The van der Waals surface area contributed by atoms with Gasteiger partial charge in [-0.15, -0.1) is 0 Å². The van der Waals surface area contributed by atoms with Gasteiger partial charge in [0.15, 0.2) is 11.5 Å². The first-order chi connectivity index (χ1) is 13.7. The molecule has 1 heterocycles. The first-order valence-corrected chi connectivity index (χ1v) is 9.71. The van der Waals surface area contributed by atoms with E-state index in [9.17, 15) is 5.26 Å². The molecule has 1 N–H and O–H groups in total. The average Bonchev–Trinajstić information content (AvgIpc) is 3.15. The Labute approximate surface area is 165 Å². The fourth-order valence-corrected chi connectivity index (χ4v) is 2.94. The summed E-state index contributed by atoms with van der Waals surface area (Å²) < 4.78 is 11.6. The molecule has 0 aliphatic rings. The van der Waals surface area contributed by atoms with Crippen molar-refractivity contribution in [3.8, 4) is 17.6 Å². The standard InChI is InChI=1S/C23H25N3O2/c1-3-5-8-13-28-21-12-11-17(15-22(21)27-4-2)14-18(16-24)23-25-19-9-6-7-10-20(19)26-23/h6-7,9-12,14-15H,3-5,8,13H2,1-2H3,(H,25,26)/b18-14-. The van der Waals surface area contributed by atoms with E-state index >= 15 is 0 Å². The number of para-hydroxylation sites is 2. The number of allylic oxidation sites excluding steroid dienone is 1. The highest BCUT2D eigenvalue weighted by Gasteiger charge is 2.10. The third-order valence-corrected chi connectivity index (χ3v) is 4.35. The van der Waals surface area contributed by atoms with Gasteiger partial charge in [-0.25, -0.2) is 4.98 Å². The quantitative estimate of drug-likeness (QED) is 0.391. The molecule has 0 bridgehead atoms. The molecule has 2 aromatic carbocycles. The van der Waals surface area contributed by atoms with E-state index in [2.05, 4.69) is 23.0 Å². The van der Waals surface area contributed by atoms with Gasteiger partial charge in [-0.05, 0) is 49.2 Å². The van der Waals surface area contributed by atoms with Crippen LogP contribution in [0.3, 0.4) is 0 Å². The molecular formula is C23H25N3O2. The highest BCUT2D eigenvalue weighted by Crippen LogP contribution is 2.30. The highest BCUT2D eigenvalue weighted by molar-refractivity contribution is 5.90. The van der Waals surface area contributed by atoms with E-state index < -0.39 is 0 Å². The number of nitriles is 1. The lowest BCUT2D eigenvalue weighted by Crippen LogP contribution is -2.01. The second kappa shape index (κ2) is 9.61. The van der Waals surface area contributed by atoms with E-state index in [1.165, 1.54) is 0 Å². The number of benzene rings is 2. The number of hydrogen-bond acceptors (Lipinski definition) is 4. The Morgan fingerprint density at radius 1 is 1.11 bits per heavy atom. The predicted octanol–water partition coefficient (Wildman–Crippen LogP) is 5.59. The zero-order valence-corrected chi connectivity index (χ0v) is 16.4. The largest absolute Gasteiger partial charge is 0.490 e. The minimum Gasteiger partial charge on any atom is -0.490 e. The summed E-state index contributed by atoms with van der Waals surface area (Å²) in [5.74, 6) is 1.98. The summed E-state index contributed by atoms with van der Waals surface area (Å²) in [5, 5.41) is 9.63. The van der Waals surface area contributed by atoms with Crippen LogP contribution in [0.5, 0.6) is 11.5 Å². The summed E-state index contributed by atoms with van der Waals surface area (Å²) >= 11 is 0. The zero-order valence-electron chi connectivity index (χ0n) is 16.4. The van der Waals surface area contributed by atoms with Crippen LogP contribution in [-0.4, -0.2) is 23.2 Å². The summed E-state index contributed by atoms with van der Waals surface area (Å²) in [6.07, 6.45) is 5.13. The lowest BCUT2D eigenvalue weighted by Gasteiger charge is -2.12. The number of nitrogens with zero attached hydrogens (tertiary/aromatic N) is 2. The first kappa shape index (κ1) is 19.5. The number of unbranched alkanes of at least 4 members (excludes halogenated alkanes) is 2. The van der Waals surface area contributed by atoms with Crippen molar-refractivity contribution in [2.75, 3.05) is 13.2 Å². The van der Waals surface area contributed by atoms with Crippen LogP contribution in [0.15, 0.2) is 42.5 Å². The molecule has 0 unspecified atom stereocenters. The van der Waals surface area contributed by atoms with E-state index in [4.69, 9.17) is 9.47 Å². The maximum Gasteiger partial charge on any atom is 0.161 e. The van der Waals surface area contributed by atoms with Crippen LogP contribution in [-0.2, 0) is 0 Å². The molecular weight excluding hydrogens is 350 g/mol. The van der Waals surface area contributed by atoms with Crippen molar-refractivity contribution in [1.82, 2.24) is 9.97 Å². The second-order valence-corrected chi connectivity index (χ2v) is 6.47. The van der Waals surface area contributed by atoms with E-state index in [0.29, 0.717) is 30.4 Å². The molecule has 0 atom stereocenters. The fraction of sp³-hybridized carbons (Fsp3) is 0.304. The topological polar surface area (TPSA) is 70.9 Å². The minimum absolute atomic E-state index is 0.468. The molecule has 0 fully saturated rings. The predicted molar refractivity (Wildman–Crippen MR) is 112 cm³/mol. The molecule has 1 aromatic heterocycles. The summed E-state index contributed by atoms with van der Waals surface area (Å²) in [5.41, 5.74) is 3.07. The van der Waals surface area contributed by atoms with Gasteiger partial charge in [-0.3, -0.25) is 0 Å². The summed E-state index contributed by atoms with van der Waals surface area (Å²) in [6, 6.07) is 15.7. The van der Waals surface area contributed by atoms with Gasteiger partial charge >= 0.3 is 0 Å². The zero-order chi connectivity index (χ0) is 19.8. The van der Waals surface area contributed by atoms with Crippen LogP contribution in [0.1, 0.15) is 44.5 Å². The molecule has 0 aliphatic heterocycles. The van der Waals surface area contributed by atoms with Crippen LogP contribution in [0.25, 0.3) is 22.7 Å². The Kier molecular flexibility index (Phi) is 6.69. The van der Waals surface area contributed by atoms with Crippen LogP contribution in [0.2, 0.25) is 0 Å². The highest BCUT2D eigenvalue weighted by atomic mass is 16.5. The van der Waals surface area contributed by atoms with Crippen molar-refractivity contribution >= 4 is 22.7 Å². The molecule has 3 rings (SSSR count). The number of H-pyrrole nitrogens is 1. The van der Waals surface area contributed by atoms with E-state index in [1.54, 1.807) is 6.08 Å². The molecule has 0 saturated carbocycles. The number of nitrogens with one attached hydrogen (secondary N) is 1. The SMILES string of the molecule is CCCCCOc1ccc(/C=C(/C#N)c2nc3ccccc3[nH]2)cc1OCC. The van der Waals surface area contributed by atoms with Crippen molar-refractivity contribution in [2.45, 2.75) is 33.1 Å². The summed E-state index contributed by atoms with van der Waals surface area (Å²) in [6.45, 7) is 5.33. The summed E-state index contributed by atoms with van der Waals surface area (Å²) in [7, 11) is 0. The Morgan fingerprint density at radius 2 is 1.96 bits per heavy atom. The monoisotopic (exact) mass is 375 g/mol. The van der Waals surface area contributed by atoms with Crippen LogP contribution < -0.4 is 9.47 Å². The normalized spacial score (nSPS) is 11.4. The number of fused-ring (bicyclic) bond motifs is 1. The minimum atomic E-state index is 0.468. The van der Waals surface area contributed by atoms with Crippen LogP contribution in [0.4, 0.5) is 0 Å². The van der Waals surface area contributed by atoms with Crippen LogP contribution >= 0.6 is 0 Å². The van der Waals surface area contributed by atoms with Crippen molar-refractivity contribution in [2.24, 2.45) is 0 Å². The third kappa shape index (κ3) is 4.72. The molecule has 0 amide bonds. The molecule has 5 heteroatoms. The second-order valence-electron chi connectivity index (χ2n) is 6.47. The van der Waals surface area contributed by atoms with Crippen molar-refractivity contribution < 1.29 is 9.47 Å². The van der Waals surface area contributed by atoms with E-state index in [0.717, 1.165) is 41.6 Å². The van der Waals surface area contributed by atoms with Gasteiger partial charge in [0, 0.05) is 0 Å². The number of rotatable bonds is 9. The van der Waals surface area contributed by atoms with Crippen molar-refractivity contribution in [3.63, 3.8) is 0 Å². The Morgan fingerprint density at radius 3 is 2.71 bits per heavy atom. The molecule has 5 nitrogen and oxygen atoms in total. The smallest absolute Gasteiger partial charge is 0.161 e. The summed E-state index contributed by atoms with van der Waals surface area (Å²) in [4.78, 5) is 7.71.